The molecule has 1 N–H and O–H groups in total. The molecule has 17 heavy (non-hydrogen) atoms. The van der Waals surface area contributed by atoms with Crippen molar-refractivity contribution in [3.05, 3.63) is 40.0 Å². The SMILES string of the molecule is O=C(O)Cc1c(F)cc2ncc(Br)cc2c1F. The molecule has 6 heteroatoms. The van der Waals surface area contributed by atoms with Gasteiger partial charge >= 0.3 is 5.97 Å². The largest absolute Gasteiger partial charge is 0.481 e. The molecule has 2 aromatic rings. The van der Waals surface area contributed by atoms with Gasteiger partial charge in [-0.15, -0.1) is 0 Å². The molecule has 0 amide bonds. The molecule has 88 valence electrons. The molecule has 0 radical (unpaired) electrons. The zero-order chi connectivity index (χ0) is 12.6. The highest BCUT2D eigenvalue weighted by molar-refractivity contribution is 9.10. The first kappa shape index (κ1) is 11.9. The van der Waals surface area contributed by atoms with Gasteiger partial charge in [0.15, 0.2) is 0 Å². The van der Waals surface area contributed by atoms with E-state index in [0.29, 0.717) is 4.47 Å². The zero-order valence-electron chi connectivity index (χ0n) is 8.38. The summed E-state index contributed by atoms with van der Waals surface area (Å²) in [5.41, 5.74) is -0.303. The van der Waals surface area contributed by atoms with Crippen LogP contribution in [0.2, 0.25) is 0 Å². The predicted molar refractivity (Wildman–Crippen MR) is 60.7 cm³/mol. The van der Waals surface area contributed by atoms with E-state index in [0.717, 1.165) is 6.07 Å². The molecule has 0 spiro atoms. The molecule has 2 rings (SSSR count). The van der Waals surface area contributed by atoms with Crippen molar-refractivity contribution in [1.29, 1.82) is 0 Å². The smallest absolute Gasteiger partial charge is 0.308 e. The Morgan fingerprint density at radius 2 is 2.12 bits per heavy atom. The van der Waals surface area contributed by atoms with Gasteiger partial charge in [0.1, 0.15) is 11.6 Å². The lowest BCUT2D eigenvalue weighted by atomic mass is 10.1. The molecule has 1 aromatic heterocycles. The lowest BCUT2D eigenvalue weighted by Gasteiger charge is -2.06. The minimum absolute atomic E-state index is 0.0945. The first-order valence-electron chi connectivity index (χ1n) is 4.63. The summed E-state index contributed by atoms with van der Waals surface area (Å²) < 4.78 is 27.9. The Bertz CT molecular complexity index is 616. The van der Waals surface area contributed by atoms with E-state index >= 15 is 0 Å². The molecular formula is C11H6BrF2NO2. The number of pyridine rings is 1. The number of fused-ring (bicyclic) bond motifs is 1. The Hall–Kier alpha value is -1.56. The highest BCUT2D eigenvalue weighted by Crippen LogP contribution is 2.25. The molecule has 0 aliphatic heterocycles. The minimum Gasteiger partial charge on any atom is -0.481 e. The molecule has 0 aliphatic rings. The van der Waals surface area contributed by atoms with Crippen LogP contribution >= 0.6 is 15.9 Å². The van der Waals surface area contributed by atoms with Crippen molar-refractivity contribution >= 4 is 32.8 Å². The quantitative estimate of drug-likeness (QED) is 0.928. The Morgan fingerprint density at radius 1 is 1.41 bits per heavy atom. The highest BCUT2D eigenvalue weighted by Gasteiger charge is 2.17. The van der Waals surface area contributed by atoms with Gasteiger partial charge in [0, 0.05) is 27.7 Å². The Kier molecular flexibility index (Phi) is 3.06. The van der Waals surface area contributed by atoms with Gasteiger partial charge < -0.3 is 5.11 Å². The van der Waals surface area contributed by atoms with Gasteiger partial charge in [0.25, 0.3) is 0 Å². The molecule has 0 aliphatic carbocycles. The number of hydrogen-bond acceptors (Lipinski definition) is 2. The molecule has 0 saturated carbocycles. The van der Waals surface area contributed by atoms with Crippen LogP contribution in [0.4, 0.5) is 8.78 Å². The number of hydrogen-bond donors (Lipinski definition) is 1. The lowest BCUT2D eigenvalue weighted by Crippen LogP contribution is -2.06. The standard InChI is InChI=1S/C11H6BrF2NO2/c12-5-1-7-9(15-4-5)3-8(13)6(11(7)14)2-10(16)17/h1,3-4H,2H2,(H,16,17). The Balaban J connectivity index is 2.73. The Labute approximate surface area is 103 Å². The van der Waals surface area contributed by atoms with Crippen molar-refractivity contribution in [3.63, 3.8) is 0 Å². The van der Waals surface area contributed by atoms with E-state index < -0.39 is 29.6 Å². The fraction of sp³-hybridized carbons (Fsp3) is 0.0909. The van der Waals surface area contributed by atoms with E-state index in [-0.39, 0.29) is 10.9 Å². The maximum atomic E-state index is 13.9. The van der Waals surface area contributed by atoms with Crippen molar-refractivity contribution in [2.75, 3.05) is 0 Å². The fourth-order valence-corrected chi connectivity index (χ4v) is 1.86. The number of carboxylic acid groups (broad SMARTS) is 1. The number of rotatable bonds is 2. The van der Waals surface area contributed by atoms with Crippen LogP contribution < -0.4 is 0 Å². The van der Waals surface area contributed by atoms with Crippen molar-refractivity contribution in [2.45, 2.75) is 6.42 Å². The number of aromatic nitrogens is 1. The number of carboxylic acids is 1. The van der Waals surface area contributed by atoms with E-state index in [1.165, 1.54) is 12.3 Å². The highest BCUT2D eigenvalue weighted by atomic mass is 79.9. The molecule has 0 unspecified atom stereocenters. The molecule has 0 atom stereocenters. The van der Waals surface area contributed by atoms with Crippen LogP contribution in [-0.2, 0) is 11.2 Å². The third-order valence-corrected chi connectivity index (χ3v) is 2.70. The second kappa shape index (κ2) is 4.37. The fourth-order valence-electron chi connectivity index (χ4n) is 1.53. The summed E-state index contributed by atoms with van der Waals surface area (Å²) in [7, 11) is 0. The van der Waals surface area contributed by atoms with Gasteiger partial charge in [-0.2, -0.15) is 0 Å². The summed E-state index contributed by atoms with van der Waals surface area (Å²) in [5, 5.41) is 8.68. The topological polar surface area (TPSA) is 50.2 Å². The first-order valence-corrected chi connectivity index (χ1v) is 5.42. The van der Waals surface area contributed by atoms with Gasteiger partial charge in [-0.3, -0.25) is 9.78 Å². The third kappa shape index (κ3) is 2.26. The van der Waals surface area contributed by atoms with Gasteiger partial charge in [-0.25, -0.2) is 8.78 Å². The number of carbonyl (C=O) groups is 1. The maximum absolute atomic E-state index is 13.9. The molecular weight excluding hydrogens is 296 g/mol. The van der Waals surface area contributed by atoms with Gasteiger partial charge in [-0.05, 0) is 22.0 Å². The molecule has 0 bridgehead atoms. The van der Waals surface area contributed by atoms with E-state index in [1.807, 2.05) is 0 Å². The average molecular weight is 302 g/mol. The van der Waals surface area contributed by atoms with Crippen molar-refractivity contribution in [3.8, 4) is 0 Å². The van der Waals surface area contributed by atoms with Crippen LogP contribution in [0.5, 0.6) is 0 Å². The van der Waals surface area contributed by atoms with Crippen LogP contribution in [0, 0.1) is 11.6 Å². The number of aliphatic carboxylic acids is 1. The summed E-state index contributed by atoms with van der Waals surface area (Å²) in [6.07, 6.45) is 0.720. The predicted octanol–water partition coefficient (Wildman–Crippen LogP) is 2.90. The van der Waals surface area contributed by atoms with Crippen LogP contribution in [0.25, 0.3) is 10.9 Å². The van der Waals surface area contributed by atoms with Crippen molar-refractivity contribution in [1.82, 2.24) is 4.98 Å². The van der Waals surface area contributed by atoms with Crippen LogP contribution in [0.3, 0.4) is 0 Å². The molecule has 0 fully saturated rings. The Morgan fingerprint density at radius 3 is 2.76 bits per heavy atom. The van der Waals surface area contributed by atoms with E-state index in [1.54, 1.807) is 0 Å². The summed E-state index contributed by atoms with van der Waals surface area (Å²) in [4.78, 5) is 14.4. The number of nitrogens with zero attached hydrogens (tertiary/aromatic N) is 1. The third-order valence-electron chi connectivity index (χ3n) is 2.27. The zero-order valence-corrected chi connectivity index (χ0v) is 9.96. The normalized spacial score (nSPS) is 10.8. The van der Waals surface area contributed by atoms with E-state index in [9.17, 15) is 13.6 Å². The molecule has 1 heterocycles. The van der Waals surface area contributed by atoms with Gasteiger partial charge in [0.2, 0.25) is 0 Å². The summed E-state index contributed by atoms with van der Waals surface area (Å²) >= 11 is 3.12. The van der Waals surface area contributed by atoms with Crippen molar-refractivity contribution < 1.29 is 18.7 Å². The second-order valence-corrected chi connectivity index (χ2v) is 4.36. The summed E-state index contributed by atoms with van der Waals surface area (Å²) in [5.74, 6) is -3.06. The molecule has 0 saturated heterocycles. The number of halogens is 3. The summed E-state index contributed by atoms with van der Waals surface area (Å²) in [6.45, 7) is 0. The molecule has 3 nitrogen and oxygen atoms in total. The summed E-state index contributed by atoms with van der Waals surface area (Å²) in [6, 6.07) is 2.46. The van der Waals surface area contributed by atoms with Gasteiger partial charge in [-0.1, -0.05) is 0 Å². The maximum Gasteiger partial charge on any atom is 0.308 e. The molecule has 1 aromatic carbocycles. The first-order chi connectivity index (χ1) is 7.99. The monoisotopic (exact) mass is 301 g/mol. The van der Waals surface area contributed by atoms with E-state index in [4.69, 9.17) is 5.11 Å². The van der Waals surface area contributed by atoms with Gasteiger partial charge in [0.05, 0.1) is 11.9 Å². The van der Waals surface area contributed by atoms with Crippen molar-refractivity contribution in [2.24, 2.45) is 0 Å². The second-order valence-electron chi connectivity index (χ2n) is 3.44. The van der Waals surface area contributed by atoms with Crippen LogP contribution in [0.1, 0.15) is 5.56 Å². The lowest BCUT2D eigenvalue weighted by molar-refractivity contribution is -0.136. The number of benzene rings is 1. The van der Waals surface area contributed by atoms with E-state index in [2.05, 4.69) is 20.9 Å². The van der Waals surface area contributed by atoms with Crippen LogP contribution in [-0.4, -0.2) is 16.1 Å². The average Bonchev–Trinajstić information content (AvgIpc) is 2.25. The van der Waals surface area contributed by atoms with Crippen LogP contribution in [0.15, 0.2) is 22.8 Å². The minimum atomic E-state index is -1.29.